The van der Waals surface area contributed by atoms with Gasteiger partial charge < -0.3 is 9.67 Å². The smallest absolute Gasteiger partial charge is 0.196 e. The molecule has 0 saturated heterocycles. The summed E-state index contributed by atoms with van der Waals surface area (Å²) in [5.74, 6) is 0.0488. The summed E-state index contributed by atoms with van der Waals surface area (Å²) in [6.07, 6.45) is 0. The number of phenolic OH excluding ortho intramolecular Hbond substituents is 1. The van der Waals surface area contributed by atoms with E-state index in [2.05, 4.69) is 0 Å². The zero-order valence-electron chi connectivity index (χ0n) is 17.4. The summed E-state index contributed by atoms with van der Waals surface area (Å²) in [5.41, 5.74) is 1.73. The molecule has 2 aromatic rings. The second-order valence-electron chi connectivity index (χ2n) is 9.38. The first-order chi connectivity index (χ1) is 12.2. The molecule has 1 N–H and O–H groups in total. The molecule has 0 radical (unpaired) electrons. The van der Waals surface area contributed by atoms with E-state index < -0.39 is 0 Å². The van der Waals surface area contributed by atoms with Crippen molar-refractivity contribution in [1.29, 1.82) is 0 Å². The van der Waals surface area contributed by atoms with Gasteiger partial charge in [-0.15, -0.1) is 0 Å². The van der Waals surface area contributed by atoms with Gasteiger partial charge in [-0.05, 0) is 42.9 Å². The van der Waals surface area contributed by atoms with Gasteiger partial charge in [-0.3, -0.25) is 4.79 Å². The molecule has 2 rings (SSSR count). The van der Waals surface area contributed by atoms with Crippen molar-refractivity contribution in [3.05, 3.63) is 50.8 Å². The lowest BCUT2D eigenvalue weighted by Crippen LogP contribution is -2.19. The topological polar surface area (TPSA) is 42.2 Å². The number of carbonyl (C=O) groups is 1. The summed E-state index contributed by atoms with van der Waals surface area (Å²) < 4.78 is 1.73. The molecule has 3 nitrogen and oxygen atoms in total. The zero-order valence-corrected chi connectivity index (χ0v) is 18.9. The highest BCUT2D eigenvalue weighted by Crippen LogP contribution is 2.41. The van der Waals surface area contributed by atoms with Crippen LogP contribution >= 0.6 is 23.2 Å². The average Bonchev–Trinajstić information content (AvgIpc) is 2.79. The third-order valence-corrected chi connectivity index (χ3v) is 5.35. The quantitative estimate of drug-likeness (QED) is 0.559. The number of nitrogens with zero attached hydrogens (tertiary/aromatic N) is 1. The number of phenols is 1. The Hall–Kier alpha value is -1.45. The van der Waals surface area contributed by atoms with Crippen LogP contribution in [0, 0.1) is 0 Å². The van der Waals surface area contributed by atoms with E-state index >= 15 is 0 Å². The summed E-state index contributed by atoms with van der Waals surface area (Å²) in [7, 11) is 0. The molecule has 0 atom stereocenters. The summed E-state index contributed by atoms with van der Waals surface area (Å²) in [5, 5.41) is 11.6. The SMILES string of the molecule is CC(C)n1c(Cl)cc(C(=O)c2cc(C(C)(C)C)c(O)c(C(C)(C)C)c2)c1Cl. The fourth-order valence-electron chi connectivity index (χ4n) is 3.17. The van der Waals surface area contributed by atoms with Gasteiger partial charge in [0.2, 0.25) is 0 Å². The molecule has 1 aromatic carbocycles. The minimum absolute atomic E-state index is 0.0432. The van der Waals surface area contributed by atoms with Crippen LogP contribution in [0.1, 0.15) is 88.5 Å². The first kappa shape index (κ1) is 21.8. The molecule has 1 heterocycles. The number of hydrogen-bond donors (Lipinski definition) is 1. The van der Waals surface area contributed by atoms with E-state index in [0.717, 1.165) is 11.1 Å². The molecule has 148 valence electrons. The van der Waals surface area contributed by atoms with Crippen LogP contribution in [0.15, 0.2) is 18.2 Å². The normalized spacial score (nSPS) is 12.7. The van der Waals surface area contributed by atoms with E-state index in [1.165, 1.54) is 0 Å². The van der Waals surface area contributed by atoms with Crippen LogP contribution in [0.3, 0.4) is 0 Å². The number of carbonyl (C=O) groups excluding carboxylic acids is 1. The van der Waals surface area contributed by atoms with E-state index in [1.807, 2.05) is 55.4 Å². The second-order valence-corrected chi connectivity index (χ2v) is 10.1. The Morgan fingerprint density at radius 2 is 1.41 bits per heavy atom. The first-order valence-electron chi connectivity index (χ1n) is 9.15. The standard InChI is InChI=1S/C22H29Cl2NO2/c1-12(2)25-17(23)11-14(20(25)24)18(26)13-9-15(21(3,4)5)19(27)16(10-13)22(6,7)8/h9-12,27H,1-8H3. The molecular formula is C22H29Cl2NO2. The fourth-order valence-corrected chi connectivity index (χ4v) is 4.03. The van der Waals surface area contributed by atoms with Gasteiger partial charge in [-0.1, -0.05) is 64.7 Å². The van der Waals surface area contributed by atoms with Crippen LogP contribution in [-0.4, -0.2) is 15.5 Å². The summed E-state index contributed by atoms with van der Waals surface area (Å²) in [6, 6.07) is 5.20. The zero-order chi connectivity index (χ0) is 20.9. The molecule has 0 bridgehead atoms. The molecule has 1 aromatic heterocycles. The van der Waals surface area contributed by atoms with Crippen LogP contribution in [-0.2, 0) is 10.8 Å². The highest BCUT2D eigenvalue weighted by atomic mass is 35.5. The maximum atomic E-state index is 13.3. The second kappa shape index (κ2) is 7.18. The summed E-state index contributed by atoms with van der Waals surface area (Å²) in [6.45, 7) is 16.0. The molecule has 0 spiro atoms. The number of aromatic nitrogens is 1. The maximum absolute atomic E-state index is 13.3. The Morgan fingerprint density at radius 3 is 1.74 bits per heavy atom. The Labute approximate surface area is 172 Å². The minimum atomic E-state index is -0.314. The molecule has 0 fully saturated rings. The van der Waals surface area contributed by atoms with Crippen molar-refractivity contribution in [2.45, 2.75) is 72.3 Å². The summed E-state index contributed by atoms with van der Waals surface area (Å²) in [4.78, 5) is 13.3. The first-order valence-corrected chi connectivity index (χ1v) is 9.90. The lowest BCUT2D eigenvalue weighted by molar-refractivity contribution is 0.103. The van der Waals surface area contributed by atoms with Gasteiger partial charge in [-0.25, -0.2) is 0 Å². The fraction of sp³-hybridized carbons (Fsp3) is 0.500. The molecule has 0 aliphatic heterocycles. The number of aromatic hydroxyl groups is 1. The molecule has 0 aliphatic rings. The molecule has 5 heteroatoms. The molecule has 0 unspecified atom stereocenters. The summed E-state index contributed by atoms with van der Waals surface area (Å²) >= 11 is 12.8. The molecule has 0 amide bonds. The van der Waals surface area contributed by atoms with E-state index in [-0.39, 0.29) is 28.4 Å². The van der Waals surface area contributed by atoms with Crippen molar-refractivity contribution < 1.29 is 9.90 Å². The van der Waals surface area contributed by atoms with Crippen molar-refractivity contribution in [2.24, 2.45) is 0 Å². The third kappa shape index (κ3) is 4.20. The van der Waals surface area contributed by atoms with Crippen LogP contribution in [0.4, 0.5) is 0 Å². The lowest BCUT2D eigenvalue weighted by Gasteiger charge is -2.28. The Bertz CT molecular complexity index is 846. The Balaban J connectivity index is 2.72. The largest absolute Gasteiger partial charge is 0.507 e. The van der Waals surface area contributed by atoms with E-state index in [4.69, 9.17) is 23.2 Å². The van der Waals surface area contributed by atoms with Gasteiger partial charge in [-0.2, -0.15) is 0 Å². The van der Waals surface area contributed by atoms with Crippen molar-refractivity contribution in [3.63, 3.8) is 0 Å². The predicted octanol–water partition coefficient (Wildman–Crippen LogP) is 6.91. The van der Waals surface area contributed by atoms with E-state index in [0.29, 0.717) is 21.4 Å². The van der Waals surface area contributed by atoms with Gasteiger partial charge in [0.1, 0.15) is 16.1 Å². The van der Waals surface area contributed by atoms with Crippen LogP contribution in [0.2, 0.25) is 10.3 Å². The molecule has 27 heavy (non-hydrogen) atoms. The molecule has 0 saturated carbocycles. The van der Waals surface area contributed by atoms with Gasteiger partial charge in [0, 0.05) is 22.7 Å². The number of halogens is 2. The van der Waals surface area contributed by atoms with Crippen molar-refractivity contribution in [3.8, 4) is 5.75 Å². The third-order valence-electron chi connectivity index (χ3n) is 4.68. The van der Waals surface area contributed by atoms with Gasteiger partial charge in [0.05, 0.1) is 5.56 Å². The van der Waals surface area contributed by atoms with Gasteiger partial charge in [0.25, 0.3) is 0 Å². The van der Waals surface area contributed by atoms with Crippen LogP contribution in [0.5, 0.6) is 5.75 Å². The van der Waals surface area contributed by atoms with Gasteiger partial charge >= 0.3 is 0 Å². The van der Waals surface area contributed by atoms with Crippen LogP contribution in [0.25, 0.3) is 0 Å². The van der Waals surface area contributed by atoms with E-state index in [9.17, 15) is 9.90 Å². The van der Waals surface area contributed by atoms with Crippen molar-refractivity contribution >= 4 is 29.0 Å². The number of rotatable bonds is 3. The highest BCUT2D eigenvalue weighted by Gasteiger charge is 2.29. The monoisotopic (exact) mass is 409 g/mol. The Kier molecular flexibility index (Phi) is 5.81. The minimum Gasteiger partial charge on any atom is -0.507 e. The number of ketones is 1. The van der Waals surface area contributed by atoms with Gasteiger partial charge in [0.15, 0.2) is 5.78 Å². The number of benzene rings is 1. The maximum Gasteiger partial charge on any atom is 0.196 e. The lowest BCUT2D eigenvalue weighted by atomic mass is 9.78. The molecular weight excluding hydrogens is 381 g/mol. The Morgan fingerprint density at radius 1 is 0.963 bits per heavy atom. The van der Waals surface area contributed by atoms with Crippen molar-refractivity contribution in [1.82, 2.24) is 4.57 Å². The molecule has 0 aliphatic carbocycles. The van der Waals surface area contributed by atoms with E-state index in [1.54, 1.807) is 22.8 Å². The average molecular weight is 410 g/mol. The number of hydrogen-bond acceptors (Lipinski definition) is 2. The highest BCUT2D eigenvalue weighted by molar-refractivity contribution is 6.37. The predicted molar refractivity (Wildman–Crippen MR) is 114 cm³/mol. The van der Waals surface area contributed by atoms with Crippen LogP contribution < -0.4 is 0 Å². The van der Waals surface area contributed by atoms with Crippen molar-refractivity contribution in [2.75, 3.05) is 0 Å².